The van der Waals surface area contributed by atoms with Gasteiger partial charge in [-0.1, -0.05) is 63.2 Å². The van der Waals surface area contributed by atoms with Crippen LogP contribution in [-0.2, 0) is 19.0 Å². The minimum atomic E-state index is -2.03. The molecule has 43 heavy (non-hydrogen) atoms. The molecule has 9 heteroatoms. The van der Waals surface area contributed by atoms with E-state index in [1.807, 2.05) is 13.8 Å². The minimum Gasteiger partial charge on any atom is -0.454 e. The predicted octanol–water partition coefficient (Wildman–Crippen LogP) is 2.87. The SMILES string of the molecule is CC1=CC2C(O)(CC3(CO)OC3C3C4C(C)(C)C4(OC(=O)c4ccccc4)C(OC(=O)c4ccccc4)C(C)C32O)C1=O. The third-order valence-corrected chi connectivity index (χ3v) is 11.3. The van der Waals surface area contributed by atoms with E-state index in [-0.39, 0.29) is 12.0 Å². The smallest absolute Gasteiger partial charge is 0.338 e. The minimum absolute atomic E-state index is 0.192. The first-order valence-corrected chi connectivity index (χ1v) is 14.8. The topological polar surface area (TPSA) is 143 Å². The highest BCUT2D eigenvalue weighted by Gasteiger charge is 2.92. The van der Waals surface area contributed by atoms with Crippen molar-refractivity contribution in [2.75, 3.05) is 6.61 Å². The summed E-state index contributed by atoms with van der Waals surface area (Å²) >= 11 is 0. The van der Waals surface area contributed by atoms with Gasteiger partial charge < -0.3 is 29.5 Å². The number of ether oxygens (including phenoxy) is 3. The zero-order valence-corrected chi connectivity index (χ0v) is 24.5. The van der Waals surface area contributed by atoms with E-state index in [4.69, 9.17) is 14.2 Å². The van der Waals surface area contributed by atoms with E-state index in [1.54, 1.807) is 80.6 Å². The molecule has 0 spiro atoms. The number of ketones is 1. The van der Waals surface area contributed by atoms with Crippen molar-refractivity contribution < 1.29 is 43.9 Å². The van der Waals surface area contributed by atoms with Gasteiger partial charge in [-0.2, -0.15) is 0 Å². The zero-order chi connectivity index (χ0) is 30.7. The Labute approximate surface area is 249 Å². The second-order valence-electron chi connectivity index (χ2n) is 13.7. The second kappa shape index (κ2) is 8.85. The molecule has 226 valence electrons. The summed E-state index contributed by atoms with van der Waals surface area (Å²) in [5, 5.41) is 35.6. The van der Waals surface area contributed by atoms with Crippen molar-refractivity contribution in [2.45, 2.75) is 68.7 Å². The van der Waals surface area contributed by atoms with Crippen LogP contribution in [0.2, 0.25) is 0 Å². The molecule has 1 saturated heterocycles. The molecule has 9 nitrogen and oxygen atoms in total. The number of aliphatic hydroxyl groups is 3. The Kier molecular flexibility index (Phi) is 5.84. The van der Waals surface area contributed by atoms with E-state index in [1.165, 1.54) is 0 Å². The maximum atomic E-state index is 13.7. The number of Topliss-reactive ketones (excluding diaryl/α,β-unsaturated/α-hetero) is 1. The summed E-state index contributed by atoms with van der Waals surface area (Å²) < 4.78 is 18.8. The number of aliphatic hydroxyl groups excluding tert-OH is 1. The molecule has 1 aliphatic heterocycles. The number of carbonyl (C=O) groups is 3. The molecule has 10 atom stereocenters. The highest BCUT2D eigenvalue weighted by atomic mass is 16.6. The number of esters is 2. The molecule has 0 amide bonds. The lowest BCUT2D eigenvalue weighted by Crippen LogP contribution is -2.67. The number of hydrogen-bond donors (Lipinski definition) is 3. The maximum Gasteiger partial charge on any atom is 0.338 e. The third-order valence-electron chi connectivity index (χ3n) is 11.3. The fourth-order valence-electron chi connectivity index (χ4n) is 9.19. The van der Waals surface area contributed by atoms with Crippen molar-refractivity contribution in [1.82, 2.24) is 0 Å². The zero-order valence-electron chi connectivity index (χ0n) is 24.5. The monoisotopic (exact) mass is 588 g/mol. The van der Waals surface area contributed by atoms with Crippen molar-refractivity contribution in [3.8, 4) is 0 Å². The summed E-state index contributed by atoms with van der Waals surface area (Å²) in [6, 6.07) is 16.9. The lowest BCUT2D eigenvalue weighted by atomic mass is 9.58. The first-order valence-electron chi connectivity index (χ1n) is 14.8. The van der Waals surface area contributed by atoms with Crippen molar-refractivity contribution in [3.05, 3.63) is 83.4 Å². The van der Waals surface area contributed by atoms with E-state index in [9.17, 15) is 29.7 Å². The standard InChI is InChI=1S/C34H36O9/c1-18-15-22-32(39,25(18)36)16-31(17-35)27(42-31)23-24-30(3,4)34(24,43-29(38)21-13-9-6-10-14-21)26(19(2)33(22,23)40)41-28(37)20-11-7-5-8-12-20/h5-15,19,22-24,26-27,35,39-40H,16-17H2,1-4H3. The first-order chi connectivity index (χ1) is 20.3. The molecule has 3 N–H and O–H groups in total. The van der Waals surface area contributed by atoms with Gasteiger partial charge in [0.25, 0.3) is 0 Å². The highest BCUT2D eigenvalue weighted by molar-refractivity contribution is 6.04. The van der Waals surface area contributed by atoms with Gasteiger partial charge in [0.05, 0.1) is 29.4 Å². The predicted molar refractivity (Wildman–Crippen MR) is 152 cm³/mol. The van der Waals surface area contributed by atoms with Gasteiger partial charge >= 0.3 is 11.9 Å². The van der Waals surface area contributed by atoms with Crippen molar-refractivity contribution in [3.63, 3.8) is 0 Å². The number of fused-ring (bicyclic) bond motifs is 7. The largest absolute Gasteiger partial charge is 0.454 e. The number of benzene rings is 2. The summed E-state index contributed by atoms with van der Waals surface area (Å²) in [7, 11) is 0. The molecule has 1 heterocycles. The fourth-order valence-corrected chi connectivity index (χ4v) is 9.19. The first kappa shape index (κ1) is 28.4. The Balaban J connectivity index is 1.40. The van der Waals surface area contributed by atoms with Crippen LogP contribution in [0.1, 0.15) is 54.8 Å². The Hall–Kier alpha value is -3.37. The van der Waals surface area contributed by atoms with Crippen LogP contribution in [-0.4, -0.2) is 74.3 Å². The number of carbonyl (C=O) groups excluding carboxylic acids is 3. The Morgan fingerprint density at radius 2 is 1.56 bits per heavy atom. The molecular formula is C34H36O9. The van der Waals surface area contributed by atoms with Crippen LogP contribution in [0.15, 0.2) is 72.3 Å². The van der Waals surface area contributed by atoms with E-state index in [0.717, 1.165) is 0 Å². The Bertz CT molecular complexity index is 1550. The maximum absolute atomic E-state index is 13.7. The Morgan fingerprint density at radius 3 is 2.14 bits per heavy atom. The molecule has 0 aromatic heterocycles. The normalized spacial score (nSPS) is 43.1. The summed E-state index contributed by atoms with van der Waals surface area (Å²) in [6.07, 6.45) is -0.463. The van der Waals surface area contributed by atoms with Gasteiger partial charge in [0.2, 0.25) is 0 Å². The summed E-state index contributed by atoms with van der Waals surface area (Å²) in [5.41, 5.74) is -6.41. The van der Waals surface area contributed by atoms with E-state index in [2.05, 4.69) is 0 Å². The van der Waals surface area contributed by atoms with Gasteiger partial charge in [-0.15, -0.1) is 0 Å². The molecule has 0 radical (unpaired) electrons. The summed E-state index contributed by atoms with van der Waals surface area (Å²) in [4.78, 5) is 40.8. The van der Waals surface area contributed by atoms with Crippen LogP contribution in [0.25, 0.3) is 0 Å². The molecule has 4 aliphatic carbocycles. The number of epoxide rings is 1. The summed E-state index contributed by atoms with van der Waals surface area (Å²) in [5.74, 6) is -5.15. The van der Waals surface area contributed by atoms with Gasteiger partial charge in [0, 0.05) is 35.5 Å². The average Bonchev–Trinajstić information content (AvgIpc) is 3.81. The van der Waals surface area contributed by atoms with Crippen molar-refractivity contribution >= 4 is 17.7 Å². The lowest BCUT2D eigenvalue weighted by Gasteiger charge is -2.53. The van der Waals surface area contributed by atoms with Crippen LogP contribution in [0.3, 0.4) is 0 Å². The molecule has 10 unspecified atom stereocenters. The highest BCUT2D eigenvalue weighted by Crippen LogP contribution is 2.80. The fraction of sp³-hybridized carbons (Fsp3) is 0.500. The van der Waals surface area contributed by atoms with Gasteiger partial charge in [-0.25, -0.2) is 9.59 Å². The van der Waals surface area contributed by atoms with Gasteiger partial charge in [0.1, 0.15) is 17.3 Å². The lowest BCUT2D eigenvalue weighted by molar-refractivity contribution is -0.223. The van der Waals surface area contributed by atoms with Crippen LogP contribution in [0.5, 0.6) is 0 Å². The molecule has 5 aliphatic rings. The second-order valence-corrected chi connectivity index (χ2v) is 13.7. The van der Waals surface area contributed by atoms with E-state index < -0.39 is 88.0 Å². The Morgan fingerprint density at radius 1 is 0.977 bits per heavy atom. The van der Waals surface area contributed by atoms with E-state index in [0.29, 0.717) is 11.1 Å². The molecule has 3 saturated carbocycles. The van der Waals surface area contributed by atoms with Gasteiger partial charge in [-0.3, -0.25) is 4.79 Å². The van der Waals surface area contributed by atoms with Gasteiger partial charge in [-0.05, 0) is 36.8 Å². The van der Waals surface area contributed by atoms with Gasteiger partial charge in [0.15, 0.2) is 11.4 Å². The van der Waals surface area contributed by atoms with Crippen molar-refractivity contribution in [1.29, 1.82) is 0 Å². The van der Waals surface area contributed by atoms with Crippen molar-refractivity contribution in [2.24, 2.45) is 29.1 Å². The molecule has 4 fully saturated rings. The molecule has 0 bridgehead atoms. The third kappa shape index (κ3) is 3.45. The molecular weight excluding hydrogens is 552 g/mol. The average molecular weight is 589 g/mol. The van der Waals surface area contributed by atoms with Crippen LogP contribution in [0.4, 0.5) is 0 Å². The quantitative estimate of drug-likeness (QED) is 0.355. The van der Waals surface area contributed by atoms with E-state index >= 15 is 0 Å². The summed E-state index contributed by atoms with van der Waals surface area (Å²) in [6.45, 7) is 6.64. The number of rotatable bonds is 5. The molecule has 2 aromatic carbocycles. The number of hydrogen-bond acceptors (Lipinski definition) is 9. The van der Waals surface area contributed by atoms with Crippen LogP contribution in [0, 0.1) is 29.1 Å². The molecule has 2 aromatic rings. The molecule has 7 rings (SSSR count). The van der Waals surface area contributed by atoms with Crippen LogP contribution < -0.4 is 0 Å². The van der Waals surface area contributed by atoms with Crippen LogP contribution >= 0.6 is 0 Å².